The van der Waals surface area contributed by atoms with Crippen molar-refractivity contribution in [3.05, 3.63) is 32.6 Å². The highest BCUT2D eigenvalue weighted by molar-refractivity contribution is 9.10. The summed E-state index contributed by atoms with van der Waals surface area (Å²) in [5.74, 6) is 1.47. The van der Waals surface area contributed by atoms with Crippen molar-refractivity contribution in [3.63, 3.8) is 0 Å². The number of hydrogen-bond acceptors (Lipinski definition) is 5. The molecule has 0 aliphatic rings. The predicted octanol–water partition coefficient (Wildman–Crippen LogP) is 3.26. The van der Waals surface area contributed by atoms with Crippen molar-refractivity contribution < 1.29 is 0 Å². The molecule has 4 nitrogen and oxygen atoms in total. The highest BCUT2D eigenvalue weighted by Crippen LogP contribution is 2.23. The van der Waals surface area contributed by atoms with Gasteiger partial charge in [-0.05, 0) is 34.3 Å². The summed E-state index contributed by atoms with van der Waals surface area (Å²) in [5.41, 5.74) is 0.942. The van der Waals surface area contributed by atoms with E-state index in [1.165, 1.54) is 4.88 Å². The van der Waals surface area contributed by atoms with Gasteiger partial charge in [0, 0.05) is 28.2 Å². The van der Waals surface area contributed by atoms with E-state index < -0.39 is 0 Å². The van der Waals surface area contributed by atoms with Crippen molar-refractivity contribution in [2.24, 2.45) is 0 Å². The van der Waals surface area contributed by atoms with Crippen molar-refractivity contribution in [1.82, 2.24) is 9.97 Å². The molecular weight excluding hydrogens is 300 g/mol. The van der Waals surface area contributed by atoms with Crippen molar-refractivity contribution in [3.8, 4) is 0 Å². The topological polar surface area (TPSA) is 49.8 Å². The molecule has 0 aliphatic carbocycles. The number of hydrogen-bond donors (Lipinski definition) is 2. The van der Waals surface area contributed by atoms with Crippen LogP contribution >= 0.6 is 27.3 Å². The van der Waals surface area contributed by atoms with Crippen LogP contribution in [-0.2, 0) is 6.54 Å². The summed E-state index contributed by atoms with van der Waals surface area (Å²) < 4.78 is 1.13. The average Bonchev–Trinajstić information content (AvgIpc) is 2.71. The third kappa shape index (κ3) is 3.17. The Bertz CT molecular complexity index is 512. The number of nitrogens with zero attached hydrogens (tertiary/aromatic N) is 2. The van der Waals surface area contributed by atoms with Gasteiger partial charge in [-0.2, -0.15) is 4.98 Å². The second-order valence-electron chi connectivity index (χ2n) is 3.51. The van der Waals surface area contributed by atoms with Gasteiger partial charge in [0.05, 0.1) is 6.54 Å². The largest absolute Gasteiger partial charge is 0.365 e. The van der Waals surface area contributed by atoms with Gasteiger partial charge in [-0.15, -0.1) is 11.3 Å². The van der Waals surface area contributed by atoms with Crippen LogP contribution in [0.3, 0.4) is 0 Å². The second-order valence-corrected chi connectivity index (χ2v) is 5.37. The standard InChI is InChI=1S/C11H13BrN4S/c1-7-5-10(16-11(13-2)15-7)14-6-9-8(12)3-4-17-9/h3-5H,6H2,1-2H3,(H2,13,14,15,16). The lowest BCUT2D eigenvalue weighted by Gasteiger charge is -2.07. The zero-order chi connectivity index (χ0) is 12.3. The first-order chi connectivity index (χ1) is 8.19. The van der Waals surface area contributed by atoms with Crippen molar-refractivity contribution >= 4 is 39.0 Å². The number of aromatic nitrogens is 2. The van der Waals surface area contributed by atoms with E-state index in [1.54, 1.807) is 11.3 Å². The zero-order valence-electron chi connectivity index (χ0n) is 9.62. The number of aryl methyl sites for hydroxylation is 1. The van der Waals surface area contributed by atoms with Crippen LogP contribution in [0.5, 0.6) is 0 Å². The molecule has 6 heteroatoms. The van der Waals surface area contributed by atoms with Gasteiger partial charge < -0.3 is 10.6 Å². The molecule has 2 heterocycles. The minimum atomic E-state index is 0.637. The molecule has 0 spiro atoms. The Morgan fingerprint density at radius 1 is 1.41 bits per heavy atom. The molecule has 0 saturated heterocycles. The van der Waals surface area contributed by atoms with E-state index >= 15 is 0 Å². The Hall–Kier alpha value is -1.14. The van der Waals surface area contributed by atoms with Gasteiger partial charge in [0.25, 0.3) is 0 Å². The molecule has 0 aromatic carbocycles. The molecule has 0 saturated carbocycles. The monoisotopic (exact) mass is 312 g/mol. The summed E-state index contributed by atoms with van der Waals surface area (Å²) in [4.78, 5) is 9.84. The van der Waals surface area contributed by atoms with Gasteiger partial charge in [-0.3, -0.25) is 0 Å². The third-order valence-electron chi connectivity index (χ3n) is 2.20. The van der Waals surface area contributed by atoms with Gasteiger partial charge in [-0.25, -0.2) is 4.98 Å². The van der Waals surface area contributed by atoms with Crippen LogP contribution in [0.1, 0.15) is 10.6 Å². The van der Waals surface area contributed by atoms with Crippen molar-refractivity contribution in [2.75, 3.05) is 17.7 Å². The zero-order valence-corrected chi connectivity index (χ0v) is 12.0. The number of anilines is 2. The second kappa shape index (κ2) is 5.46. The minimum Gasteiger partial charge on any atom is -0.365 e. The number of nitrogens with one attached hydrogen (secondary N) is 2. The molecule has 0 bridgehead atoms. The van der Waals surface area contributed by atoms with Crippen LogP contribution in [0, 0.1) is 6.92 Å². The Morgan fingerprint density at radius 3 is 2.88 bits per heavy atom. The molecule has 0 unspecified atom stereocenters. The molecule has 0 radical (unpaired) electrons. The molecule has 2 N–H and O–H groups in total. The van der Waals surface area contributed by atoms with Gasteiger partial charge in [0.2, 0.25) is 5.95 Å². The van der Waals surface area contributed by atoms with Gasteiger partial charge >= 0.3 is 0 Å². The van der Waals surface area contributed by atoms with E-state index in [2.05, 4.69) is 41.9 Å². The van der Waals surface area contributed by atoms with Gasteiger partial charge in [-0.1, -0.05) is 0 Å². The molecule has 0 fully saturated rings. The van der Waals surface area contributed by atoms with E-state index in [9.17, 15) is 0 Å². The molecule has 2 rings (SSSR count). The summed E-state index contributed by atoms with van der Waals surface area (Å²) in [7, 11) is 1.81. The summed E-state index contributed by atoms with van der Waals surface area (Å²) >= 11 is 5.22. The maximum absolute atomic E-state index is 4.34. The first-order valence-corrected chi connectivity index (χ1v) is 6.85. The quantitative estimate of drug-likeness (QED) is 0.909. The van der Waals surface area contributed by atoms with Gasteiger partial charge in [0.1, 0.15) is 5.82 Å². The molecule has 0 atom stereocenters. The van der Waals surface area contributed by atoms with Crippen LogP contribution < -0.4 is 10.6 Å². The normalized spacial score (nSPS) is 10.3. The lowest BCUT2D eigenvalue weighted by Crippen LogP contribution is -2.04. The van der Waals surface area contributed by atoms with Crippen LogP contribution in [0.2, 0.25) is 0 Å². The molecule has 0 amide bonds. The summed E-state index contributed by atoms with van der Waals surface area (Å²) in [6.45, 7) is 2.71. The van der Waals surface area contributed by atoms with E-state index in [1.807, 2.05) is 26.1 Å². The lowest BCUT2D eigenvalue weighted by atomic mass is 10.4. The Kier molecular flexibility index (Phi) is 3.96. The highest BCUT2D eigenvalue weighted by atomic mass is 79.9. The molecule has 0 aliphatic heterocycles. The molecule has 2 aromatic heterocycles. The molecule has 90 valence electrons. The third-order valence-corrected chi connectivity index (χ3v) is 4.13. The molecule has 2 aromatic rings. The van der Waals surface area contributed by atoms with Crippen LogP contribution in [0.15, 0.2) is 22.0 Å². The van der Waals surface area contributed by atoms with Gasteiger partial charge in [0.15, 0.2) is 0 Å². The van der Waals surface area contributed by atoms with Crippen LogP contribution in [-0.4, -0.2) is 17.0 Å². The maximum Gasteiger partial charge on any atom is 0.224 e. The Morgan fingerprint density at radius 2 is 2.24 bits per heavy atom. The SMILES string of the molecule is CNc1nc(C)cc(NCc2sccc2Br)n1. The number of rotatable bonds is 4. The molecular formula is C11H13BrN4S. The first-order valence-electron chi connectivity index (χ1n) is 5.18. The fourth-order valence-corrected chi connectivity index (χ4v) is 2.83. The van der Waals surface area contributed by atoms with E-state index in [0.29, 0.717) is 5.95 Å². The summed E-state index contributed by atoms with van der Waals surface area (Å²) in [6.07, 6.45) is 0. The van der Waals surface area contributed by atoms with Crippen molar-refractivity contribution in [2.45, 2.75) is 13.5 Å². The van der Waals surface area contributed by atoms with Crippen LogP contribution in [0.25, 0.3) is 0 Å². The fourth-order valence-electron chi connectivity index (χ4n) is 1.39. The Labute approximate surface area is 113 Å². The average molecular weight is 313 g/mol. The number of thiophene rings is 1. The first kappa shape index (κ1) is 12.3. The summed E-state index contributed by atoms with van der Waals surface area (Å²) in [5, 5.41) is 8.30. The highest BCUT2D eigenvalue weighted by Gasteiger charge is 2.03. The lowest BCUT2D eigenvalue weighted by molar-refractivity contribution is 1.06. The van der Waals surface area contributed by atoms with E-state index in [-0.39, 0.29) is 0 Å². The maximum atomic E-state index is 4.34. The number of halogens is 1. The van der Waals surface area contributed by atoms with Crippen molar-refractivity contribution in [1.29, 1.82) is 0 Å². The predicted molar refractivity (Wildman–Crippen MR) is 75.7 cm³/mol. The van der Waals surface area contributed by atoms with E-state index in [0.717, 1.165) is 22.5 Å². The minimum absolute atomic E-state index is 0.637. The fraction of sp³-hybridized carbons (Fsp3) is 0.273. The Balaban J connectivity index is 2.09. The summed E-state index contributed by atoms with van der Waals surface area (Å²) in [6, 6.07) is 3.98. The smallest absolute Gasteiger partial charge is 0.224 e. The van der Waals surface area contributed by atoms with Crippen LogP contribution in [0.4, 0.5) is 11.8 Å². The van der Waals surface area contributed by atoms with E-state index in [4.69, 9.17) is 0 Å². The molecule has 17 heavy (non-hydrogen) atoms.